The highest BCUT2D eigenvalue weighted by molar-refractivity contribution is 7.10. The number of hydrogen-bond acceptors (Lipinski definition) is 4. The van der Waals surface area contributed by atoms with Gasteiger partial charge < -0.3 is 4.90 Å². The standard InChI is InChI=1S/C23H31N3OS/c1-3-18-6-7-19(24-13-18)14-25-11-9-20-21(16-28-22(20)15-25)23(27)26-10-4-5-17(2)8-12-26/h6-7,13,16-17H,3-5,8-12,14-15H2,1-2H3/t17-/m0/s1. The van der Waals surface area contributed by atoms with Crippen LogP contribution in [0.2, 0.25) is 0 Å². The summed E-state index contributed by atoms with van der Waals surface area (Å²) in [6.07, 6.45) is 7.51. The maximum atomic E-state index is 13.1. The molecule has 28 heavy (non-hydrogen) atoms. The van der Waals surface area contributed by atoms with E-state index in [0.717, 1.165) is 75.6 Å². The molecule has 0 N–H and O–H groups in total. The number of likely N-dealkylation sites (tertiary alicyclic amines) is 1. The lowest BCUT2D eigenvalue weighted by Gasteiger charge is -2.27. The summed E-state index contributed by atoms with van der Waals surface area (Å²) in [5.74, 6) is 1.000. The van der Waals surface area contributed by atoms with Crippen LogP contribution in [0.5, 0.6) is 0 Å². The summed E-state index contributed by atoms with van der Waals surface area (Å²) in [4.78, 5) is 23.7. The van der Waals surface area contributed by atoms with Gasteiger partial charge in [-0.2, -0.15) is 0 Å². The maximum absolute atomic E-state index is 13.1. The minimum absolute atomic E-state index is 0.261. The van der Waals surface area contributed by atoms with Crippen LogP contribution in [-0.4, -0.2) is 40.3 Å². The molecule has 2 aromatic rings. The van der Waals surface area contributed by atoms with Crippen molar-refractivity contribution in [1.29, 1.82) is 0 Å². The van der Waals surface area contributed by atoms with Crippen LogP contribution in [0.15, 0.2) is 23.7 Å². The fraction of sp³-hybridized carbons (Fsp3) is 0.565. The molecular formula is C23H31N3OS. The molecule has 4 nitrogen and oxygen atoms in total. The number of nitrogens with zero attached hydrogens (tertiary/aromatic N) is 3. The van der Waals surface area contributed by atoms with Gasteiger partial charge in [0.15, 0.2) is 0 Å². The minimum Gasteiger partial charge on any atom is -0.339 e. The molecule has 0 radical (unpaired) electrons. The Morgan fingerprint density at radius 1 is 1.25 bits per heavy atom. The Bertz CT molecular complexity index is 814. The van der Waals surface area contributed by atoms with E-state index in [0.29, 0.717) is 0 Å². The molecule has 2 aromatic heterocycles. The smallest absolute Gasteiger partial charge is 0.254 e. The lowest BCUT2D eigenvalue weighted by molar-refractivity contribution is 0.0759. The molecule has 0 aliphatic carbocycles. The average molecular weight is 398 g/mol. The third-order valence-corrected chi connectivity index (χ3v) is 7.25. The van der Waals surface area contributed by atoms with Crippen LogP contribution in [0.4, 0.5) is 0 Å². The molecule has 2 aliphatic heterocycles. The van der Waals surface area contributed by atoms with E-state index in [1.54, 1.807) is 11.3 Å². The van der Waals surface area contributed by atoms with E-state index < -0.39 is 0 Å². The Kier molecular flexibility index (Phi) is 6.12. The van der Waals surface area contributed by atoms with Gasteiger partial charge in [0.05, 0.1) is 11.3 Å². The van der Waals surface area contributed by atoms with E-state index in [1.807, 2.05) is 6.20 Å². The van der Waals surface area contributed by atoms with E-state index in [-0.39, 0.29) is 5.91 Å². The van der Waals surface area contributed by atoms with Crippen molar-refractivity contribution in [2.24, 2.45) is 5.92 Å². The summed E-state index contributed by atoms with van der Waals surface area (Å²) < 4.78 is 0. The lowest BCUT2D eigenvalue weighted by atomic mass is 10.0. The predicted octanol–water partition coefficient (Wildman–Crippen LogP) is 4.53. The first-order valence-corrected chi connectivity index (χ1v) is 11.6. The van der Waals surface area contributed by atoms with E-state index in [9.17, 15) is 4.79 Å². The monoisotopic (exact) mass is 397 g/mol. The highest BCUT2D eigenvalue weighted by atomic mass is 32.1. The van der Waals surface area contributed by atoms with Gasteiger partial charge in [-0.1, -0.05) is 19.9 Å². The van der Waals surface area contributed by atoms with Crippen molar-refractivity contribution in [3.63, 3.8) is 0 Å². The van der Waals surface area contributed by atoms with E-state index in [4.69, 9.17) is 0 Å². The third kappa shape index (κ3) is 4.31. The number of carbonyl (C=O) groups excluding carboxylic acids is 1. The van der Waals surface area contributed by atoms with Crippen molar-refractivity contribution in [2.45, 2.75) is 59.0 Å². The highest BCUT2D eigenvalue weighted by Gasteiger charge is 2.27. The Labute approximate surface area is 172 Å². The molecular weight excluding hydrogens is 366 g/mol. The first-order valence-electron chi connectivity index (χ1n) is 10.7. The topological polar surface area (TPSA) is 36.4 Å². The summed E-state index contributed by atoms with van der Waals surface area (Å²) in [7, 11) is 0. The van der Waals surface area contributed by atoms with Crippen molar-refractivity contribution in [3.05, 3.63) is 51.0 Å². The number of aromatic nitrogens is 1. The predicted molar refractivity (Wildman–Crippen MR) is 115 cm³/mol. The van der Waals surface area contributed by atoms with Gasteiger partial charge in [-0.15, -0.1) is 11.3 Å². The van der Waals surface area contributed by atoms with Gasteiger partial charge in [-0.25, -0.2) is 0 Å². The van der Waals surface area contributed by atoms with Crippen molar-refractivity contribution >= 4 is 17.2 Å². The molecule has 1 fully saturated rings. The Morgan fingerprint density at radius 2 is 2.14 bits per heavy atom. The van der Waals surface area contributed by atoms with E-state index in [1.165, 1.54) is 22.4 Å². The number of fused-ring (bicyclic) bond motifs is 1. The fourth-order valence-electron chi connectivity index (χ4n) is 4.32. The molecule has 2 aliphatic rings. The van der Waals surface area contributed by atoms with E-state index >= 15 is 0 Å². The summed E-state index contributed by atoms with van der Waals surface area (Å²) in [5.41, 5.74) is 4.69. The van der Waals surface area contributed by atoms with Crippen LogP contribution < -0.4 is 0 Å². The minimum atomic E-state index is 0.261. The number of carbonyl (C=O) groups is 1. The van der Waals surface area contributed by atoms with Crippen molar-refractivity contribution in [1.82, 2.24) is 14.8 Å². The SMILES string of the molecule is CCc1ccc(CN2CCc3c(C(=O)N4CCC[C@H](C)CC4)csc3C2)nc1. The molecule has 0 bridgehead atoms. The first kappa shape index (κ1) is 19.6. The second-order valence-corrected chi connectivity index (χ2v) is 9.32. The van der Waals surface area contributed by atoms with Crippen LogP contribution in [0.3, 0.4) is 0 Å². The second kappa shape index (κ2) is 8.75. The Balaban J connectivity index is 1.42. The van der Waals surface area contributed by atoms with Gasteiger partial charge in [0.2, 0.25) is 0 Å². The molecule has 1 saturated heterocycles. The normalized spacial score (nSPS) is 20.6. The van der Waals surface area contributed by atoms with Gasteiger partial charge in [-0.05, 0) is 55.2 Å². The number of rotatable bonds is 4. The quantitative estimate of drug-likeness (QED) is 0.761. The molecule has 0 saturated carbocycles. The molecule has 0 unspecified atom stereocenters. The molecule has 1 amide bonds. The molecule has 0 aromatic carbocycles. The second-order valence-electron chi connectivity index (χ2n) is 8.35. The number of hydrogen-bond donors (Lipinski definition) is 0. The number of aryl methyl sites for hydroxylation is 1. The largest absolute Gasteiger partial charge is 0.339 e. The van der Waals surface area contributed by atoms with Crippen LogP contribution in [0, 0.1) is 5.92 Å². The first-order chi connectivity index (χ1) is 13.6. The number of pyridine rings is 1. The molecule has 150 valence electrons. The van der Waals surface area contributed by atoms with Gasteiger partial charge in [-0.3, -0.25) is 14.7 Å². The van der Waals surface area contributed by atoms with Crippen molar-refractivity contribution in [3.8, 4) is 0 Å². The van der Waals surface area contributed by atoms with E-state index in [2.05, 4.69) is 46.1 Å². The highest BCUT2D eigenvalue weighted by Crippen LogP contribution is 2.31. The zero-order valence-electron chi connectivity index (χ0n) is 17.1. The molecule has 0 spiro atoms. The molecule has 4 heterocycles. The average Bonchev–Trinajstić information content (AvgIpc) is 3.01. The maximum Gasteiger partial charge on any atom is 0.254 e. The third-order valence-electron chi connectivity index (χ3n) is 6.24. The Morgan fingerprint density at radius 3 is 2.93 bits per heavy atom. The van der Waals surface area contributed by atoms with Crippen molar-refractivity contribution < 1.29 is 4.79 Å². The van der Waals surface area contributed by atoms with Crippen LogP contribution >= 0.6 is 11.3 Å². The zero-order valence-corrected chi connectivity index (χ0v) is 17.9. The van der Waals surface area contributed by atoms with Gasteiger partial charge in [0.25, 0.3) is 5.91 Å². The van der Waals surface area contributed by atoms with Gasteiger partial charge in [0, 0.05) is 49.2 Å². The fourth-order valence-corrected chi connectivity index (χ4v) is 5.43. The molecule has 4 rings (SSSR count). The van der Waals surface area contributed by atoms with Crippen LogP contribution in [0.25, 0.3) is 0 Å². The lowest BCUT2D eigenvalue weighted by Crippen LogP contribution is -2.34. The van der Waals surface area contributed by atoms with Gasteiger partial charge >= 0.3 is 0 Å². The summed E-state index contributed by atoms with van der Waals surface area (Å²) in [6, 6.07) is 4.33. The summed E-state index contributed by atoms with van der Waals surface area (Å²) in [6.45, 7) is 9.11. The van der Waals surface area contributed by atoms with Crippen LogP contribution in [0.1, 0.15) is 65.2 Å². The number of thiophene rings is 1. The molecule has 1 atom stereocenters. The molecule has 5 heteroatoms. The zero-order chi connectivity index (χ0) is 19.5. The van der Waals surface area contributed by atoms with Crippen LogP contribution in [-0.2, 0) is 25.9 Å². The van der Waals surface area contributed by atoms with Crippen molar-refractivity contribution in [2.75, 3.05) is 19.6 Å². The summed E-state index contributed by atoms with van der Waals surface area (Å²) >= 11 is 1.76. The van der Waals surface area contributed by atoms with Gasteiger partial charge in [0.1, 0.15) is 0 Å². The Hall–Kier alpha value is -1.72. The number of amides is 1. The summed E-state index contributed by atoms with van der Waals surface area (Å²) in [5, 5.41) is 2.11.